The van der Waals surface area contributed by atoms with Gasteiger partial charge in [-0.1, -0.05) is 13.1 Å². The second-order valence-electron chi connectivity index (χ2n) is 3.26. The Balaban J connectivity index is 0. The molecule has 0 fully saturated rings. The second kappa shape index (κ2) is 11.0. The zero-order chi connectivity index (χ0) is 14.1. The first kappa shape index (κ1) is 20.4. The van der Waals surface area contributed by atoms with Crippen molar-refractivity contribution in [2.45, 2.75) is 6.92 Å². The molecule has 0 atom stereocenters. The van der Waals surface area contributed by atoms with E-state index in [2.05, 4.69) is 21.0 Å². The van der Waals surface area contributed by atoms with E-state index in [9.17, 15) is 9.90 Å². The van der Waals surface area contributed by atoms with E-state index >= 15 is 0 Å². The van der Waals surface area contributed by atoms with Gasteiger partial charge in [0.2, 0.25) is 0 Å². The molecule has 1 aromatic rings. The summed E-state index contributed by atoms with van der Waals surface area (Å²) in [6.07, 6.45) is 0. The van der Waals surface area contributed by atoms with Crippen molar-refractivity contribution in [3.05, 3.63) is 44.7 Å². The molecule has 0 radical (unpaired) electrons. The maximum atomic E-state index is 11.2. The van der Waals surface area contributed by atoms with Gasteiger partial charge in [-0.3, -0.25) is 4.79 Å². The minimum atomic E-state index is -0.209. The zero-order valence-corrected chi connectivity index (χ0v) is 13.8. The van der Waals surface area contributed by atoms with Gasteiger partial charge in [-0.05, 0) is 25.1 Å². The van der Waals surface area contributed by atoms with Gasteiger partial charge in [0.15, 0.2) is 5.78 Å². The number of benzene rings is 1. The number of Topliss-reactive ketones (excluding diaryl/α,β-unsaturated/α-hetero) is 1. The average molecular weight is 436 g/mol. The summed E-state index contributed by atoms with van der Waals surface area (Å²) in [7, 11) is 2.25. The van der Waals surface area contributed by atoms with E-state index in [0.717, 1.165) is 0 Å². The summed E-state index contributed by atoms with van der Waals surface area (Å²) in [5.41, 5.74) is 0.241. The van der Waals surface area contributed by atoms with E-state index < -0.39 is 0 Å². The van der Waals surface area contributed by atoms with Crippen LogP contribution in [0.1, 0.15) is 17.3 Å². The third-order valence-corrected chi connectivity index (χ3v) is 2.08. The normalized spacial score (nSPS) is 9.16. The second-order valence-corrected chi connectivity index (χ2v) is 3.26. The Morgan fingerprint density at radius 3 is 2.26 bits per heavy atom. The molecule has 108 valence electrons. The predicted octanol–water partition coefficient (Wildman–Crippen LogP) is 2.01. The van der Waals surface area contributed by atoms with Crippen molar-refractivity contribution in [3.63, 3.8) is 0 Å². The number of hydrogen-bond acceptors (Lipinski definition) is 5. The van der Waals surface area contributed by atoms with Crippen molar-refractivity contribution < 1.29 is 40.9 Å². The molecule has 6 heteroatoms. The summed E-state index contributed by atoms with van der Waals surface area (Å²) in [5, 5.41) is 17.7. The minimum absolute atomic E-state index is 0. The van der Waals surface area contributed by atoms with Crippen LogP contribution in [0.5, 0.6) is 11.5 Å². The zero-order valence-electron chi connectivity index (χ0n) is 10.8. The number of phenols is 1. The molecule has 0 aliphatic heterocycles. The van der Waals surface area contributed by atoms with Crippen LogP contribution < -0.4 is 4.84 Å². The Hall–Kier alpha value is -0.902. The maximum Gasteiger partial charge on any atom is 0.163 e. The summed E-state index contributed by atoms with van der Waals surface area (Å²) >= 11 is 0. The quantitative estimate of drug-likeness (QED) is 0.420. The van der Waals surface area contributed by atoms with E-state index in [-0.39, 0.29) is 38.2 Å². The standard InChI is InChI=1S/C12H15NO3.CH3O.W/c1-4-13(5-2)16-10-6-7-12(15)11(8-10)9(3)14;1-2;/h6-8,15H,1-2,4-5H2,3H3;2H,1H2;/q-2;-1;. The molecule has 0 amide bonds. The number of phenolic OH excluding ortho intramolecular Hbond substituents is 1. The van der Waals surface area contributed by atoms with Crippen molar-refractivity contribution in [2.24, 2.45) is 0 Å². The van der Waals surface area contributed by atoms with Crippen LogP contribution in [0, 0.1) is 21.0 Å². The van der Waals surface area contributed by atoms with Crippen molar-refractivity contribution in [2.75, 3.05) is 13.1 Å². The van der Waals surface area contributed by atoms with Crippen LogP contribution in [0.25, 0.3) is 0 Å². The summed E-state index contributed by atoms with van der Waals surface area (Å²) in [6, 6.07) is 4.51. The van der Waals surface area contributed by atoms with Crippen molar-refractivity contribution >= 4 is 5.78 Å². The largest absolute Gasteiger partial charge is 0.569 e. The molecule has 19 heavy (non-hydrogen) atoms. The number of rotatable bonds is 5. The van der Waals surface area contributed by atoms with Gasteiger partial charge < -0.3 is 28.9 Å². The maximum absolute atomic E-state index is 11.2. The molecule has 0 unspecified atom stereocenters. The first-order chi connectivity index (χ1) is 8.58. The molecule has 2 N–H and O–H groups in total. The van der Waals surface area contributed by atoms with Gasteiger partial charge in [0.05, 0.1) is 5.56 Å². The number of aliphatic hydroxyl groups excluding tert-OH is 1. The number of carbonyl (C=O) groups is 1. The predicted molar refractivity (Wildman–Crippen MR) is 68.3 cm³/mol. The summed E-state index contributed by atoms with van der Waals surface area (Å²) in [4.78, 5) is 16.6. The van der Waals surface area contributed by atoms with E-state index in [1.165, 1.54) is 24.1 Å². The number of hydroxylamine groups is 2. The van der Waals surface area contributed by atoms with Gasteiger partial charge in [0, 0.05) is 21.1 Å². The van der Waals surface area contributed by atoms with Crippen LogP contribution in [0.4, 0.5) is 0 Å². The first-order valence-electron chi connectivity index (χ1n) is 5.25. The van der Waals surface area contributed by atoms with Gasteiger partial charge >= 0.3 is 0 Å². The average Bonchev–Trinajstić information content (AvgIpc) is 2.39. The summed E-state index contributed by atoms with van der Waals surface area (Å²) in [6.45, 7) is 9.62. The van der Waals surface area contributed by atoms with Gasteiger partial charge in [0.1, 0.15) is 11.5 Å². The van der Waals surface area contributed by atoms with Gasteiger partial charge in [-0.2, -0.15) is 0 Å². The van der Waals surface area contributed by atoms with Gasteiger partial charge in [0.25, 0.3) is 0 Å². The molecule has 5 nitrogen and oxygen atoms in total. The van der Waals surface area contributed by atoms with Crippen LogP contribution >= 0.6 is 0 Å². The smallest absolute Gasteiger partial charge is 0.163 e. The molecule has 0 saturated carbocycles. The SMILES string of the molecule is [CH2-]CN(C[CH2-])Oc1ccc(O)c(C(C)=O)c1.[CH2-]O.[W]. The molecular weight excluding hydrogens is 418 g/mol. The first-order valence-corrected chi connectivity index (χ1v) is 5.25. The minimum Gasteiger partial charge on any atom is -0.569 e. The van der Waals surface area contributed by atoms with Crippen LogP contribution in [-0.4, -0.2) is 34.1 Å². The van der Waals surface area contributed by atoms with Crippen molar-refractivity contribution in [1.82, 2.24) is 5.06 Å². The Labute approximate surface area is 128 Å². The molecule has 0 heterocycles. The molecule has 1 aromatic carbocycles. The van der Waals surface area contributed by atoms with E-state index in [1.54, 1.807) is 6.07 Å². The Bertz CT molecular complexity index is 381. The Morgan fingerprint density at radius 2 is 1.84 bits per heavy atom. The summed E-state index contributed by atoms with van der Waals surface area (Å²) in [5.74, 6) is 0.227. The third-order valence-electron chi connectivity index (χ3n) is 2.08. The fraction of sp³-hybridized carbons (Fsp3) is 0.231. The number of nitrogens with zero attached hydrogens (tertiary/aromatic N) is 1. The van der Waals surface area contributed by atoms with Crippen molar-refractivity contribution in [1.29, 1.82) is 0 Å². The molecule has 0 saturated heterocycles. The van der Waals surface area contributed by atoms with E-state index in [1.807, 2.05) is 0 Å². The Morgan fingerprint density at radius 1 is 1.32 bits per heavy atom. The molecule has 0 aliphatic carbocycles. The molecule has 0 spiro atoms. The monoisotopic (exact) mass is 436 g/mol. The van der Waals surface area contributed by atoms with E-state index in [4.69, 9.17) is 9.94 Å². The number of aliphatic hydroxyl groups is 1. The topological polar surface area (TPSA) is 70.0 Å². The number of ketones is 1. The van der Waals surface area contributed by atoms with Crippen LogP contribution in [0.3, 0.4) is 0 Å². The molecule has 0 aliphatic rings. The number of hydrogen-bond donors (Lipinski definition) is 2. The molecular formula is C13H18NO4W-3. The Kier molecular flexibility index (Phi) is 11.8. The molecule has 0 bridgehead atoms. The van der Waals surface area contributed by atoms with E-state index in [0.29, 0.717) is 18.8 Å². The molecule has 1 rings (SSSR count). The van der Waals surface area contributed by atoms with Gasteiger partial charge in [-0.15, -0.1) is 0 Å². The van der Waals surface area contributed by atoms with Crippen LogP contribution in [0.15, 0.2) is 18.2 Å². The van der Waals surface area contributed by atoms with Crippen molar-refractivity contribution in [3.8, 4) is 11.5 Å². The number of aromatic hydroxyl groups is 1. The fourth-order valence-corrected chi connectivity index (χ4v) is 1.21. The molecule has 0 aromatic heterocycles. The third kappa shape index (κ3) is 6.71. The number of carbonyl (C=O) groups excluding carboxylic acids is 1. The van der Waals surface area contributed by atoms with Gasteiger partial charge in [-0.25, -0.2) is 12.2 Å². The van der Waals surface area contributed by atoms with Crippen LogP contribution in [-0.2, 0) is 21.1 Å². The summed E-state index contributed by atoms with van der Waals surface area (Å²) < 4.78 is 0. The fourth-order valence-electron chi connectivity index (χ4n) is 1.21. The van der Waals surface area contributed by atoms with Crippen LogP contribution in [0.2, 0.25) is 0 Å².